The van der Waals surface area contributed by atoms with Crippen LogP contribution in [0, 0.1) is 0 Å². The van der Waals surface area contributed by atoms with Crippen molar-refractivity contribution >= 4 is 40.0 Å². The van der Waals surface area contributed by atoms with Crippen LogP contribution in [0.4, 0.5) is 18.9 Å². The number of benzene rings is 2. The lowest BCUT2D eigenvalue weighted by molar-refractivity contribution is -0.141. The number of hydrogen-bond donors (Lipinski definition) is 0. The normalized spacial score (nSPS) is 19.4. The number of hydrogen-bond acceptors (Lipinski definition) is 5. The number of rotatable bonds is 6. The summed E-state index contributed by atoms with van der Waals surface area (Å²) >= 11 is 6.11. The summed E-state index contributed by atoms with van der Waals surface area (Å²) in [6.07, 6.45) is -4.86. The van der Waals surface area contributed by atoms with Gasteiger partial charge in [-0.25, -0.2) is 0 Å². The monoisotopic (exact) mass is 530 g/mol. The average Bonchev–Trinajstić information content (AvgIpc) is 2.79. The van der Waals surface area contributed by atoms with E-state index in [2.05, 4.69) is 9.64 Å². The number of esters is 1. The van der Waals surface area contributed by atoms with Crippen LogP contribution in [-0.4, -0.2) is 58.5 Å². The minimum atomic E-state index is -4.86. The van der Waals surface area contributed by atoms with Gasteiger partial charge in [-0.1, -0.05) is 17.7 Å². The molecule has 1 aliphatic heterocycles. The van der Waals surface area contributed by atoms with E-state index in [1.54, 1.807) is 13.0 Å². The molecule has 3 rings (SSSR count). The summed E-state index contributed by atoms with van der Waals surface area (Å²) in [5.41, 5.74) is -0.467. The van der Waals surface area contributed by atoms with Gasteiger partial charge in [0.2, 0.25) is 0 Å². The van der Waals surface area contributed by atoms with E-state index < -0.39 is 45.1 Å². The van der Waals surface area contributed by atoms with Crippen molar-refractivity contribution in [2.24, 2.45) is 0 Å². The van der Waals surface area contributed by atoms with E-state index in [1.165, 1.54) is 11.0 Å². The minimum Gasteiger partial charge on any atom is -0.465 e. The van der Waals surface area contributed by atoms with Crippen LogP contribution < -0.4 is 4.90 Å². The molecule has 0 aromatic heterocycles. The molecule has 3 atom stereocenters. The van der Waals surface area contributed by atoms with Gasteiger partial charge in [0.1, 0.15) is 5.75 Å². The van der Waals surface area contributed by atoms with Crippen molar-refractivity contribution in [2.45, 2.75) is 43.9 Å². The molecular formula is C24H26ClF3N2O4S. The third kappa shape index (κ3) is 6.16. The number of carbonyl (C=O) groups is 2. The highest BCUT2D eigenvalue weighted by Gasteiger charge is 2.38. The first kappa shape index (κ1) is 27.0. The molecule has 0 spiro atoms. The van der Waals surface area contributed by atoms with Crippen LogP contribution in [0.1, 0.15) is 36.7 Å². The standard InChI is InChI=1S/C24H26ClF3N2O4S/c1-4-34-22(31)14-35(33)21-9-8-17(12-20(21)24(26,27)28)23(32)30-11-10-29(15(2)16(30)3)19-7-5-6-18(25)13-19/h5-9,12-13,15-16H,4,10-11,14H2,1-3H3/t15-,16?,35?/m1/s1. The topological polar surface area (TPSA) is 66.9 Å². The highest BCUT2D eigenvalue weighted by Crippen LogP contribution is 2.35. The summed E-state index contributed by atoms with van der Waals surface area (Å²) in [4.78, 5) is 27.9. The van der Waals surface area contributed by atoms with Crippen LogP contribution in [0.25, 0.3) is 0 Å². The number of amides is 1. The Morgan fingerprint density at radius 3 is 2.46 bits per heavy atom. The largest absolute Gasteiger partial charge is 0.465 e. The number of piperazine rings is 1. The summed E-state index contributed by atoms with van der Waals surface area (Å²) in [7, 11) is -2.28. The molecule has 2 unspecified atom stereocenters. The van der Waals surface area contributed by atoms with Gasteiger partial charge in [0, 0.05) is 41.4 Å². The molecule has 6 nitrogen and oxygen atoms in total. The predicted octanol–water partition coefficient (Wildman–Crippen LogP) is 4.77. The zero-order valence-corrected chi connectivity index (χ0v) is 21.0. The highest BCUT2D eigenvalue weighted by molar-refractivity contribution is 7.85. The molecule has 0 radical (unpaired) electrons. The molecule has 1 heterocycles. The summed E-state index contributed by atoms with van der Waals surface area (Å²) in [5.74, 6) is -2.12. The number of anilines is 1. The third-order valence-electron chi connectivity index (χ3n) is 6.00. The fourth-order valence-corrected chi connectivity index (χ4v) is 5.36. The highest BCUT2D eigenvalue weighted by atomic mass is 35.5. The maximum absolute atomic E-state index is 13.8. The van der Waals surface area contributed by atoms with Crippen molar-refractivity contribution in [2.75, 3.05) is 30.3 Å². The van der Waals surface area contributed by atoms with E-state index in [4.69, 9.17) is 11.6 Å². The number of ether oxygens (including phenoxy) is 1. The molecule has 1 saturated heterocycles. The fourth-order valence-electron chi connectivity index (χ4n) is 4.09. The Kier molecular flexibility index (Phi) is 8.48. The molecule has 190 valence electrons. The lowest BCUT2D eigenvalue weighted by Crippen LogP contribution is -2.59. The second-order valence-corrected chi connectivity index (χ2v) is 10.0. The Bertz CT molecular complexity index is 1130. The second-order valence-electron chi connectivity index (χ2n) is 8.16. The van der Waals surface area contributed by atoms with Crippen molar-refractivity contribution in [1.82, 2.24) is 4.90 Å². The van der Waals surface area contributed by atoms with E-state index in [1.807, 2.05) is 32.0 Å². The van der Waals surface area contributed by atoms with Crippen LogP contribution in [0.3, 0.4) is 0 Å². The first-order valence-electron chi connectivity index (χ1n) is 11.0. The van der Waals surface area contributed by atoms with Gasteiger partial charge in [0.05, 0.1) is 27.9 Å². The summed E-state index contributed by atoms with van der Waals surface area (Å²) in [5, 5.41) is 0.584. The van der Waals surface area contributed by atoms with Crippen molar-refractivity contribution in [3.8, 4) is 0 Å². The Hall–Kier alpha value is -2.59. The Labute approximate surface area is 209 Å². The molecule has 0 aliphatic carbocycles. The van der Waals surface area contributed by atoms with Gasteiger partial charge >= 0.3 is 12.1 Å². The number of alkyl halides is 3. The van der Waals surface area contributed by atoms with Crippen molar-refractivity contribution < 1.29 is 31.7 Å². The molecular weight excluding hydrogens is 505 g/mol. The second kappa shape index (κ2) is 11.0. The maximum Gasteiger partial charge on any atom is 0.417 e. The quantitative estimate of drug-likeness (QED) is 0.503. The van der Waals surface area contributed by atoms with Crippen molar-refractivity contribution in [3.63, 3.8) is 0 Å². The van der Waals surface area contributed by atoms with E-state index in [-0.39, 0.29) is 24.3 Å². The Morgan fingerprint density at radius 2 is 1.83 bits per heavy atom. The summed E-state index contributed by atoms with van der Waals surface area (Å²) in [6.45, 7) is 6.12. The zero-order valence-electron chi connectivity index (χ0n) is 19.5. The van der Waals surface area contributed by atoms with Gasteiger partial charge in [-0.2, -0.15) is 13.2 Å². The molecule has 0 N–H and O–H groups in total. The SMILES string of the molecule is CCOC(=O)CS(=O)c1ccc(C(=O)N2CCN(c3cccc(Cl)c3)[C@H](C)C2C)cc1C(F)(F)F. The van der Waals surface area contributed by atoms with E-state index in [0.29, 0.717) is 24.2 Å². The Balaban J connectivity index is 1.85. The van der Waals surface area contributed by atoms with Crippen LogP contribution in [-0.2, 0) is 26.5 Å². The van der Waals surface area contributed by atoms with Gasteiger partial charge < -0.3 is 14.5 Å². The van der Waals surface area contributed by atoms with Gasteiger partial charge in [-0.05, 0) is 57.2 Å². The number of carbonyl (C=O) groups excluding carboxylic acids is 2. The summed E-state index contributed by atoms with van der Waals surface area (Å²) < 4.78 is 58.5. The number of halogens is 4. The number of nitrogens with zero attached hydrogens (tertiary/aromatic N) is 2. The van der Waals surface area contributed by atoms with Crippen molar-refractivity contribution in [3.05, 3.63) is 58.6 Å². The minimum absolute atomic E-state index is 0.0246. The van der Waals surface area contributed by atoms with Gasteiger partial charge in [0.15, 0.2) is 0 Å². The van der Waals surface area contributed by atoms with Crippen molar-refractivity contribution in [1.29, 1.82) is 0 Å². The lowest BCUT2D eigenvalue weighted by Gasteiger charge is -2.46. The fraction of sp³-hybridized carbons (Fsp3) is 0.417. The van der Waals surface area contributed by atoms with Crippen LogP contribution in [0.5, 0.6) is 0 Å². The smallest absolute Gasteiger partial charge is 0.417 e. The molecule has 1 amide bonds. The Morgan fingerprint density at radius 1 is 1.11 bits per heavy atom. The van der Waals surface area contributed by atoms with Gasteiger partial charge in [-0.3, -0.25) is 13.8 Å². The van der Waals surface area contributed by atoms with E-state index >= 15 is 0 Å². The van der Waals surface area contributed by atoms with Crippen LogP contribution in [0.2, 0.25) is 5.02 Å². The molecule has 2 aromatic rings. The molecule has 35 heavy (non-hydrogen) atoms. The predicted molar refractivity (Wildman–Crippen MR) is 128 cm³/mol. The lowest BCUT2D eigenvalue weighted by atomic mass is 10.0. The zero-order chi connectivity index (χ0) is 25.9. The van der Waals surface area contributed by atoms with Gasteiger partial charge in [0.25, 0.3) is 5.91 Å². The van der Waals surface area contributed by atoms with Gasteiger partial charge in [-0.15, -0.1) is 0 Å². The third-order valence-corrected chi connectivity index (χ3v) is 7.57. The average molecular weight is 531 g/mol. The maximum atomic E-state index is 13.8. The molecule has 0 bridgehead atoms. The van der Waals surface area contributed by atoms with Crippen LogP contribution >= 0.6 is 11.6 Å². The summed E-state index contributed by atoms with van der Waals surface area (Å²) in [6, 6.07) is 9.84. The first-order valence-corrected chi connectivity index (χ1v) is 12.7. The van der Waals surface area contributed by atoms with Crippen LogP contribution in [0.15, 0.2) is 47.4 Å². The molecule has 1 aliphatic rings. The first-order chi connectivity index (χ1) is 16.4. The molecule has 2 aromatic carbocycles. The van der Waals surface area contributed by atoms with E-state index in [9.17, 15) is 27.0 Å². The van der Waals surface area contributed by atoms with E-state index in [0.717, 1.165) is 11.8 Å². The molecule has 1 fully saturated rings. The molecule has 11 heteroatoms. The molecule has 0 saturated carbocycles.